The summed E-state index contributed by atoms with van der Waals surface area (Å²) in [6.45, 7) is 0. The summed E-state index contributed by atoms with van der Waals surface area (Å²) in [6, 6.07) is 13.6. The highest BCUT2D eigenvalue weighted by Crippen LogP contribution is 2.37. The molecule has 0 saturated heterocycles. The van der Waals surface area contributed by atoms with Gasteiger partial charge in [-0.1, -0.05) is 18.2 Å². The molecule has 3 aromatic heterocycles. The Hall–Kier alpha value is -3.82. The maximum atomic E-state index is 15.2. The van der Waals surface area contributed by atoms with E-state index in [4.69, 9.17) is 4.74 Å². The van der Waals surface area contributed by atoms with E-state index in [1.165, 1.54) is 23.5 Å². The molecule has 0 spiro atoms. The van der Waals surface area contributed by atoms with Crippen molar-refractivity contribution in [2.75, 3.05) is 0 Å². The van der Waals surface area contributed by atoms with Crippen molar-refractivity contribution in [3.05, 3.63) is 71.6 Å². The quantitative estimate of drug-likeness (QED) is 0.362. The average molecular weight is 489 g/mol. The first kappa shape index (κ1) is 21.7. The molecule has 1 aliphatic carbocycles. The van der Waals surface area contributed by atoms with E-state index in [2.05, 4.69) is 15.4 Å². The van der Waals surface area contributed by atoms with Gasteiger partial charge >= 0.3 is 0 Å². The summed E-state index contributed by atoms with van der Waals surface area (Å²) < 4.78 is 23.6. The molecule has 7 nitrogen and oxygen atoms in total. The lowest BCUT2D eigenvalue weighted by Crippen LogP contribution is -2.50. The third kappa shape index (κ3) is 3.92. The van der Waals surface area contributed by atoms with E-state index in [0.29, 0.717) is 28.0 Å². The highest BCUT2D eigenvalue weighted by atomic mass is 32.1. The fourth-order valence-corrected chi connectivity index (χ4v) is 5.08. The number of aliphatic hydroxyl groups is 1. The van der Waals surface area contributed by atoms with Crippen molar-refractivity contribution in [3.63, 3.8) is 0 Å². The molecule has 0 radical (unpaired) electrons. The van der Waals surface area contributed by atoms with Gasteiger partial charge in [0.25, 0.3) is 5.91 Å². The summed E-state index contributed by atoms with van der Waals surface area (Å²) in [6.07, 6.45) is 2.76. The first-order chi connectivity index (χ1) is 17.0. The molecular weight excluding hydrogens is 467 g/mol. The molecule has 0 unspecified atom stereocenters. The molecular formula is C26H21FN4O3S. The van der Waals surface area contributed by atoms with Gasteiger partial charge < -0.3 is 15.2 Å². The number of aliphatic hydroxyl groups excluding tert-OH is 1. The Morgan fingerprint density at radius 3 is 2.83 bits per heavy atom. The Morgan fingerprint density at radius 2 is 2.06 bits per heavy atom. The number of nitrogens with one attached hydrogen (secondary N) is 1. The number of hydrogen-bond acceptors (Lipinski definition) is 6. The molecule has 2 aromatic carbocycles. The van der Waals surface area contributed by atoms with Crippen LogP contribution in [0.5, 0.6) is 11.5 Å². The van der Waals surface area contributed by atoms with E-state index < -0.39 is 17.8 Å². The van der Waals surface area contributed by atoms with Crippen LogP contribution in [0.3, 0.4) is 0 Å². The van der Waals surface area contributed by atoms with Crippen LogP contribution in [0.25, 0.3) is 32.2 Å². The van der Waals surface area contributed by atoms with Crippen molar-refractivity contribution in [2.45, 2.75) is 25.0 Å². The maximum Gasteiger partial charge on any atom is 0.270 e. The number of benzene rings is 2. The molecule has 3 heterocycles. The predicted octanol–water partition coefficient (Wildman–Crippen LogP) is 5.03. The lowest BCUT2D eigenvalue weighted by Gasteiger charge is -2.32. The molecule has 6 rings (SSSR count). The number of pyridine rings is 1. The van der Waals surface area contributed by atoms with Crippen molar-refractivity contribution >= 4 is 38.4 Å². The summed E-state index contributed by atoms with van der Waals surface area (Å²) in [5, 5.41) is 19.8. The van der Waals surface area contributed by atoms with E-state index in [0.717, 1.165) is 22.9 Å². The standard InChI is InChI=1S/C26H21FN4O3S/c1-31-13-16-15(3-2-4-18(16)30-31)14-5-8-23(17(27)11-14)34-24-12-21(28-20-9-10-35-25(20)24)26(33)29-19-6-7-22(19)32/h2-5,8-13,19,22,32H,6-7H2,1H3,(H,29,33)/t19-,22-/m1/s1. The number of nitrogens with zero attached hydrogens (tertiary/aromatic N) is 3. The summed E-state index contributed by atoms with van der Waals surface area (Å²) in [4.78, 5) is 17.1. The van der Waals surface area contributed by atoms with Gasteiger partial charge in [-0.15, -0.1) is 11.3 Å². The van der Waals surface area contributed by atoms with Crippen LogP contribution in [0, 0.1) is 5.82 Å². The normalized spacial score (nSPS) is 17.5. The van der Waals surface area contributed by atoms with Gasteiger partial charge in [0.05, 0.1) is 27.9 Å². The van der Waals surface area contributed by atoms with Crippen LogP contribution < -0.4 is 10.1 Å². The number of aryl methyl sites for hydroxylation is 1. The highest BCUT2D eigenvalue weighted by Gasteiger charge is 2.31. The highest BCUT2D eigenvalue weighted by molar-refractivity contribution is 7.17. The van der Waals surface area contributed by atoms with Crippen LogP contribution in [-0.2, 0) is 7.05 Å². The summed E-state index contributed by atoms with van der Waals surface area (Å²) >= 11 is 1.40. The second-order valence-corrected chi connectivity index (χ2v) is 9.57. The third-order valence-corrected chi connectivity index (χ3v) is 7.21. The largest absolute Gasteiger partial charge is 0.453 e. The van der Waals surface area contributed by atoms with Gasteiger partial charge in [-0.05, 0) is 53.6 Å². The van der Waals surface area contributed by atoms with Gasteiger partial charge in [0, 0.05) is 24.7 Å². The monoisotopic (exact) mass is 488 g/mol. The molecule has 176 valence electrons. The molecule has 1 saturated carbocycles. The second-order valence-electron chi connectivity index (χ2n) is 8.65. The SMILES string of the molecule is Cn1cc2c(-c3ccc(Oc4cc(C(=O)N[C@@H]5CC[C@H]5O)nc5ccsc45)c(F)c3)cccc2n1. The Balaban J connectivity index is 1.32. The van der Waals surface area contributed by atoms with Crippen LogP contribution in [0.1, 0.15) is 23.3 Å². The first-order valence-electron chi connectivity index (χ1n) is 11.2. The summed E-state index contributed by atoms with van der Waals surface area (Å²) in [7, 11) is 1.85. The van der Waals surface area contributed by atoms with Gasteiger partial charge in [0.2, 0.25) is 0 Å². The van der Waals surface area contributed by atoms with E-state index in [1.807, 2.05) is 36.8 Å². The number of carbonyl (C=O) groups excluding carboxylic acids is 1. The Bertz CT molecular complexity index is 1590. The smallest absolute Gasteiger partial charge is 0.270 e. The van der Waals surface area contributed by atoms with Gasteiger partial charge in [-0.3, -0.25) is 9.48 Å². The van der Waals surface area contributed by atoms with Gasteiger partial charge in [0.1, 0.15) is 11.4 Å². The number of amides is 1. The molecule has 1 amide bonds. The number of ether oxygens (including phenoxy) is 1. The number of hydrogen-bond donors (Lipinski definition) is 2. The molecule has 35 heavy (non-hydrogen) atoms. The molecule has 2 atom stereocenters. The molecule has 1 fully saturated rings. The topological polar surface area (TPSA) is 89.3 Å². The van der Waals surface area contributed by atoms with Crippen LogP contribution in [-0.4, -0.2) is 37.9 Å². The minimum Gasteiger partial charge on any atom is -0.453 e. The molecule has 2 N–H and O–H groups in total. The van der Waals surface area contributed by atoms with E-state index in [-0.39, 0.29) is 17.5 Å². The van der Waals surface area contributed by atoms with E-state index in [9.17, 15) is 9.90 Å². The van der Waals surface area contributed by atoms with Crippen LogP contribution >= 0.6 is 11.3 Å². The third-order valence-electron chi connectivity index (χ3n) is 6.29. The number of fused-ring (bicyclic) bond motifs is 2. The molecule has 9 heteroatoms. The zero-order valence-electron chi connectivity index (χ0n) is 18.7. The lowest BCUT2D eigenvalue weighted by molar-refractivity contribution is 0.0445. The van der Waals surface area contributed by atoms with Gasteiger partial charge in [-0.2, -0.15) is 5.10 Å². The zero-order chi connectivity index (χ0) is 24.1. The van der Waals surface area contributed by atoms with E-state index >= 15 is 4.39 Å². The second kappa shape index (κ2) is 8.44. The zero-order valence-corrected chi connectivity index (χ0v) is 19.6. The van der Waals surface area contributed by atoms with E-state index in [1.54, 1.807) is 22.9 Å². The Kier molecular flexibility index (Phi) is 5.23. The van der Waals surface area contributed by atoms with Crippen LogP contribution in [0.2, 0.25) is 0 Å². The number of rotatable bonds is 5. The fraction of sp³-hybridized carbons (Fsp3) is 0.192. The first-order valence-corrected chi connectivity index (χ1v) is 12.1. The predicted molar refractivity (Wildman–Crippen MR) is 132 cm³/mol. The Labute approximate surface area is 203 Å². The molecule has 1 aliphatic rings. The van der Waals surface area contributed by atoms with Crippen molar-refractivity contribution in [3.8, 4) is 22.6 Å². The van der Waals surface area contributed by atoms with Crippen molar-refractivity contribution in [2.24, 2.45) is 7.05 Å². The minimum atomic E-state index is -0.537. The molecule has 0 aliphatic heterocycles. The van der Waals surface area contributed by atoms with Crippen LogP contribution in [0.4, 0.5) is 4.39 Å². The molecule has 0 bridgehead atoms. The number of carbonyl (C=O) groups is 1. The van der Waals surface area contributed by atoms with Gasteiger partial charge in [0.15, 0.2) is 11.6 Å². The van der Waals surface area contributed by atoms with Gasteiger partial charge in [-0.25, -0.2) is 9.37 Å². The number of thiophene rings is 1. The maximum absolute atomic E-state index is 15.2. The number of halogens is 1. The summed E-state index contributed by atoms with van der Waals surface area (Å²) in [5.74, 6) is -0.514. The lowest BCUT2D eigenvalue weighted by atomic mass is 9.89. The number of aromatic nitrogens is 3. The fourth-order valence-electron chi connectivity index (χ4n) is 4.29. The summed E-state index contributed by atoms with van der Waals surface area (Å²) in [5.41, 5.74) is 3.17. The Morgan fingerprint density at radius 1 is 1.17 bits per heavy atom. The van der Waals surface area contributed by atoms with Crippen molar-refractivity contribution < 1.29 is 19.0 Å². The van der Waals surface area contributed by atoms with Crippen molar-refractivity contribution in [1.82, 2.24) is 20.1 Å². The molecule has 5 aromatic rings. The van der Waals surface area contributed by atoms with Crippen molar-refractivity contribution in [1.29, 1.82) is 0 Å². The average Bonchev–Trinajstić information content (AvgIpc) is 3.48. The minimum absolute atomic E-state index is 0.0498. The van der Waals surface area contributed by atoms with Crippen LogP contribution in [0.15, 0.2) is 60.1 Å².